The second-order valence-electron chi connectivity index (χ2n) is 4.63. The molecule has 1 N–H and O–H groups in total. The molecule has 106 valence electrons. The molecule has 0 aromatic heterocycles. The lowest BCUT2D eigenvalue weighted by Crippen LogP contribution is -2.40. The van der Waals surface area contributed by atoms with Crippen LogP contribution in [0.4, 0.5) is 0 Å². The van der Waals surface area contributed by atoms with Crippen molar-refractivity contribution in [1.29, 1.82) is 0 Å². The second-order valence-corrected chi connectivity index (χ2v) is 9.06. The first-order valence-electron chi connectivity index (χ1n) is 5.63. The SMILES string of the molecule is Cc1ccc(S(=O)(=O)NC2CS(=O)(=O)CC2Cl)cc1. The molecule has 0 radical (unpaired) electrons. The fourth-order valence-electron chi connectivity index (χ4n) is 1.90. The van der Waals surface area contributed by atoms with Crippen molar-refractivity contribution in [2.45, 2.75) is 23.2 Å². The van der Waals surface area contributed by atoms with E-state index in [0.29, 0.717) is 0 Å². The molecule has 0 spiro atoms. The summed E-state index contributed by atoms with van der Waals surface area (Å²) < 4.78 is 49.3. The van der Waals surface area contributed by atoms with Gasteiger partial charge in [0.25, 0.3) is 0 Å². The predicted molar refractivity (Wildman–Crippen MR) is 73.6 cm³/mol. The van der Waals surface area contributed by atoms with Gasteiger partial charge in [-0.15, -0.1) is 11.6 Å². The minimum atomic E-state index is -3.74. The van der Waals surface area contributed by atoms with Crippen LogP contribution in [0.5, 0.6) is 0 Å². The van der Waals surface area contributed by atoms with Gasteiger partial charge in [0.1, 0.15) is 0 Å². The average molecular weight is 324 g/mol. The van der Waals surface area contributed by atoms with Crippen LogP contribution in [0.1, 0.15) is 5.56 Å². The molecule has 5 nitrogen and oxygen atoms in total. The maximum Gasteiger partial charge on any atom is 0.240 e. The van der Waals surface area contributed by atoms with Gasteiger partial charge in [-0.3, -0.25) is 0 Å². The first-order chi connectivity index (χ1) is 8.70. The largest absolute Gasteiger partial charge is 0.240 e. The third-order valence-electron chi connectivity index (χ3n) is 2.92. The van der Waals surface area contributed by atoms with Gasteiger partial charge in [0.15, 0.2) is 9.84 Å². The molecule has 1 aliphatic rings. The molecule has 1 fully saturated rings. The van der Waals surface area contributed by atoms with Gasteiger partial charge in [-0.25, -0.2) is 21.6 Å². The molecule has 1 aromatic carbocycles. The highest BCUT2D eigenvalue weighted by atomic mass is 35.5. The first kappa shape index (κ1) is 14.8. The molecular weight excluding hydrogens is 310 g/mol. The van der Waals surface area contributed by atoms with E-state index in [1.807, 2.05) is 6.92 Å². The van der Waals surface area contributed by atoms with Gasteiger partial charge in [0.05, 0.1) is 27.8 Å². The Kier molecular flexibility index (Phi) is 3.92. The minimum Gasteiger partial charge on any atom is -0.229 e. The first-order valence-corrected chi connectivity index (χ1v) is 9.37. The topological polar surface area (TPSA) is 80.3 Å². The number of sulfone groups is 1. The number of hydrogen-bond donors (Lipinski definition) is 1. The fraction of sp³-hybridized carbons (Fsp3) is 0.455. The zero-order chi connectivity index (χ0) is 14.3. The maximum absolute atomic E-state index is 12.1. The van der Waals surface area contributed by atoms with Crippen molar-refractivity contribution in [1.82, 2.24) is 4.72 Å². The van der Waals surface area contributed by atoms with Crippen LogP contribution in [0.25, 0.3) is 0 Å². The Morgan fingerprint density at radius 2 is 1.79 bits per heavy atom. The number of alkyl halides is 1. The highest BCUT2D eigenvalue weighted by Crippen LogP contribution is 2.20. The van der Waals surface area contributed by atoms with Crippen LogP contribution >= 0.6 is 11.6 Å². The molecular formula is C11H14ClNO4S2. The second kappa shape index (κ2) is 5.05. The van der Waals surface area contributed by atoms with Crippen molar-refractivity contribution >= 4 is 31.5 Å². The van der Waals surface area contributed by atoms with Crippen LogP contribution in [0.2, 0.25) is 0 Å². The zero-order valence-electron chi connectivity index (χ0n) is 10.2. The lowest BCUT2D eigenvalue weighted by atomic mass is 10.2. The van der Waals surface area contributed by atoms with E-state index >= 15 is 0 Å². The van der Waals surface area contributed by atoms with E-state index in [9.17, 15) is 16.8 Å². The Hall–Kier alpha value is -0.630. The third-order valence-corrected chi connectivity index (χ3v) is 6.80. The molecule has 0 bridgehead atoms. The predicted octanol–water partition coefficient (Wildman–Crippen LogP) is 0.678. The van der Waals surface area contributed by atoms with Crippen molar-refractivity contribution in [2.75, 3.05) is 11.5 Å². The number of nitrogens with one attached hydrogen (secondary N) is 1. The summed E-state index contributed by atoms with van der Waals surface area (Å²) in [5, 5.41) is -0.731. The van der Waals surface area contributed by atoms with Crippen LogP contribution < -0.4 is 4.72 Å². The summed E-state index contributed by atoms with van der Waals surface area (Å²) >= 11 is 5.88. The van der Waals surface area contributed by atoms with Gasteiger partial charge in [0.2, 0.25) is 10.0 Å². The van der Waals surface area contributed by atoms with Crippen molar-refractivity contribution in [3.8, 4) is 0 Å². The van der Waals surface area contributed by atoms with E-state index in [2.05, 4.69) is 4.72 Å². The van der Waals surface area contributed by atoms with E-state index in [1.165, 1.54) is 12.1 Å². The molecule has 0 amide bonds. The normalized spacial score (nSPS) is 26.4. The lowest BCUT2D eigenvalue weighted by molar-refractivity contribution is 0.563. The zero-order valence-corrected chi connectivity index (χ0v) is 12.6. The number of benzene rings is 1. The summed E-state index contributed by atoms with van der Waals surface area (Å²) in [4.78, 5) is 0.103. The van der Waals surface area contributed by atoms with Crippen molar-refractivity contribution in [3.63, 3.8) is 0 Å². The van der Waals surface area contributed by atoms with Crippen molar-refractivity contribution in [2.24, 2.45) is 0 Å². The van der Waals surface area contributed by atoms with Crippen LogP contribution in [-0.2, 0) is 19.9 Å². The Bertz CT molecular complexity index is 667. The Morgan fingerprint density at radius 1 is 1.21 bits per heavy atom. The molecule has 1 aromatic rings. The van der Waals surface area contributed by atoms with Crippen LogP contribution in [0.3, 0.4) is 0 Å². The Morgan fingerprint density at radius 3 is 2.26 bits per heavy atom. The van der Waals surface area contributed by atoms with Crippen molar-refractivity contribution in [3.05, 3.63) is 29.8 Å². The minimum absolute atomic E-state index is 0.103. The standard InChI is InChI=1S/C11H14ClNO4S2/c1-8-2-4-9(5-3-8)19(16,17)13-11-7-18(14,15)6-10(11)12/h2-5,10-11,13H,6-7H2,1H3. The van der Waals surface area contributed by atoms with Gasteiger partial charge in [-0.05, 0) is 19.1 Å². The molecule has 19 heavy (non-hydrogen) atoms. The summed E-state index contributed by atoms with van der Waals surface area (Å²) in [6.45, 7) is 1.85. The third kappa shape index (κ3) is 3.47. The van der Waals surface area contributed by atoms with Gasteiger partial charge >= 0.3 is 0 Å². The van der Waals surface area contributed by atoms with Crippen LogP contribution in [0, 0.1) is 6.92 Å². The van der Waals surface area contributed by atoms with Gasteiger partial charge in [-0.2, -0.15) is 0 Å². The van der Waals surface area contributed by atoms with Crippen LogP contribution in [-0.4, -0.2) is 39.8 Å². The quantitative estimate of drug-likeness (QED) is 0.829. The maximum atomic E-state index is 12.1. The summed E-state index contributed by atoms with van der Waals surface area (Å²) in [7, 11) is -7.01. The van der Waals surface area contributed by atoms with E-state index in [4.69, 9.17) is 11.6 Å². The highest BCUT2D eigenvalue weighted by molar-refractivity contribution is 7.92. The smallest absolute Gasteiger partial charge is 0.229 e. The monoisotopic (exact) mass is 323 g/mol. The van der Waals surface area contributed by atoms with E-state index in [1.54, 1.807) is 12.1 Å². The number of hydrogen-bond acceptors (Lipinski definition) is 4. The fourth-order valence-corrected chi connectivity index (χ4v) is 5.90. The average Bonchev–Trinajstić information content (AvgIpc) is 2.51. The summed E-state index contributed by atoms with van der Waals surface area (Å²) in [5.41, 5.74) is 0.942. The van der Waals surface area contributed by atoms with Gasteiger partial charge in [0, 0.05) is 0 Å². The Balaban J connectivity index is 2.21. The number of sulfonamides is 1. The van der Waals surface area contributed by atoms with Gasteiger partial charge < -0.3 is 0 Å². The molecule has 1 heterocycles. The molecule has 1 saturated heterocycles. The number of rotatable bonds is 3. The van der Waals surface area contributed by atoms with Crippen molar-refractivity contribution < 1.29 is 16.8 Å². The summed E-state index contributed by atoms with van der Waals surface area (Å²) in [5.74, 6) is -0.456. The van der Waals surface area contributed by atoms with Crippen LogP contribution in [0.15, 0.2) is 29.2 Å². The lowest BCUT2D eigenvalue weighted by Gasteiger charge is -2.14. The molecule has 0 aliphatic carbocycles. The highest BCUT2D eigenvalue weighted by Gasteiger charge is 2.38. The molecule has 2 rings (SSSR count). The Labute approximate surface area is 117 Å². The van der Waals surface area contributed by atoms with E-state index in [0.717, 1.165) is 5.56 Å². The molecule has 8 heteroatoms. The molecule has 2 unspecified atom stereocenters. The molecule has 2 atom stereocenters. The number of aryl methyl sites for hydroxylation is 1. The van der Waals surface area contributed by atoms with Gasteiger partial charge in [-0.1, -0.05) is 17.7 Å². The number of halogens is 1. The molecule has 0 saturated carbocycles. The van der Waals surface area contributed by atoms with E-state index < -0.39 is 31.3 Å². The summed E-state index contributed by atoms with van der Waals surface area (Å²) in [6, 6.07) is 5.53. The summed E-state index contributed by atoms with van der Waals surface area (Å²) in [6.07, 6.45) is 0. The molecule has 1 aliphatic heterocycles. The van der Waals surface area contributed by atoms with E-state index in [-0.39, 0.29) is 16.4 Å².